The van der Waals surface area contributed by atoms with Crippen molar-refractivity contribution in [2.45, 2.75) is 6.54 Å². The van der Waals surface area contributed by atoms with Gasteiger partial charge < -0.3 is 5.32 Å². The van der Waals surface area contributed by atoms with Gasteiger partial charge in [-0.25, -0.2) is 0 Å². The topological polar surface area (TPSA) is 42.0 Å². The highest BCUT2D eigenvalue weighted by molar-refractivity contribution is 9.11. The molecule has 0 saturated carbocycles. The number of carbonyl (C=O) groups excluding carboxylic acids is 1. The quantitative estimate of drug-likeness (QED) is 0.947. The summed E-state index contributed by atoms with van der Waals surface area (Å²) in [4.78, 5) is 17.2. The van der Waals surface area contributed by atoms with Gasteiger partial charge in [0.15, 0.2) is 0 Å². The van der Waals surface area contributed by atoms with Crippen LogP contribution >= 0.6 is 38.6 Å². The molecule has 0 atom stereocenters. The molecular weight excluding hydrogens is 296 g/mol. The SMILES string of the molecule is O=C(NCc1ccc(Br)s1)c1cncs1. The van der Waals surface area contributed by atoms with Gasteiger partial charge in [0, 0.05) is 4.88 Å². The highest BCUT2D eigenvalue weighted by atomic mass is 79.9. The fourth-order valence-corrected chi connectivity index (χ4v) is 2.99. The fourth-order valence-electron chi connectivity index (χ4n) is 1.03. The van der Waals surface area contributed by atoms with Gasteiger partial charge in [-0.3, -0.25) is 9.78 Å². The van der Waals surface area contributed by atoms with Crippen LogP contribution in [0.4, 0.5) is 0 Å². The monoisotopic (exact) mass is 302 g/mol. The maximum atomic E-state index is 11.5. The van der Waals surface area contributed by atoms with Crippen molar-refractivity contribution in [2.75, 3.05) is 0 Å². The number of rotatable bonds is 3. The zero-order valence-corrected chi connectivity index (χ0v) is 10.8. The Kier molecular flexibility index (Phi) is 3.50. The van der Waals surface area contributed by atoms with Gasteiger partial charge in [0.05, 0.1) is 22.0 Å². The van der Waals surface area contributed by atoms with E-state index in [-0.39, 0.29) is 5.91 Å². The van der Waals surface area contributed by atoms with Gasteiger partial charge >= 0.3 is 0 Å². The summed E-state index contributed by atoms with van der Waals surface area (Å²) >= 11 is 6.33. The van der Waals surface area contributed by atoms with Crippen molar-refractivity contribution in [3.8, 4) is 0 Å². The second kappa shape index (κ2) is 4.87. The van der Waals surface area contributed by atoms with Crippen molar-refractivity contribution >= 4 is 44.5 Å². The summed E-state index contributed by atoms with van der Waals surface area (Å²) in [6, 6.07) is 3.96. The van der Waals surface area contributed by atoms with Gasteiger partial charge in [0.2, 0.25) is 0 Å². The fraction of sp³-hybridized carbons (Fsp3) is 0.111. The Labute approximate surface area is 103 Å². The van der Waals surface area contributed by atoms with Crippen LogP contribution in [0.2, 0.25) is 0 Å². The number of hydrogen-bond donors (Lipinski definition) is 1. The molecule has 2 aromatic rings. The average Bonchev–Trinajstić information content (AvgIpc) is 2.84. The summed E-state index contributed by atoms with van der Waals surface area (Å²) in [5, 5.41) is 2.84. The standard InChI is InChI=1S/C9H7BrN2OS2/c10-8-2-1-6(15-8)3-12-9(13)7-4-11-5-14-7/h1-2,4-5H,3H2,(H,12,13). The van der Waals surface area contributed by atoms with Crippen LogP contribution < -0.4 is 5.32 Å². The largest absolute Gasteiger partial charge is 0.346 e. The van der Waals surface area contributed by atoms with Crippen molar-refractivity contribution in [1.29, 1.82) is 0 Å². The lowest BCUT2D eigenvalue weighted by Gasteiger charge is -1.99. The summed E-state index contributed by atoms with van der Waals surface area (Å²) in [6.07, 6.45) is 1.57. The molecule has 0 aliphatic heterocycles. The minimum atomic E-state index is -0.0676. The molecule has 0 aliphatic rings. The van der Waals surface area contributed by atoms with Gasteiger partial charge in [-0.2, -0.15) is 0 Å². The van der Waals surface area contributed by atoms with Crippen LogP contribution in [0.25, 0.3) is 0 Å². The zero-order valence-electron chi connectivity index (χ0n) is 7.57. The number of hydrogen-bond acceptors (Lipinski definition) is 4. The Bertz CT molecular complexity index is 452. The van der Waals surface area contributed by atoms with Crippen LogP contribution in [0.3, 0.4) is 0 Å². The molecule has 2 heterocycles. The summed E-state index contributed by atoms with van der Waals surface area (Å²) in [5.74, 6) is -0.0676. The smallest absolute Gasteiger partial charge is 0.263 e. The van der Waals surface area contributed by atoms with E-state index in [1.54, 1.807) is 23.0 Å². The summed E-state index contributed by atoms with van der Waals surface area (Å²) < 4.78 is 1.07. The minimum absolute atomic E-state index is 0.0676. The predicted octanol–water partition coefficient (Wildman–Crippen LogP) is 2.90. The van der Waals surface area contributed by atoms with E-state index >= 15 is 0 Å². The van der Waals surface area contributed by atoms with Gasteiger partial charge in [0.25, 0.3) is 5.91 Å². The normalized spacial score (nSPS) is 10.2. The van der Waals surface area contributed by atoms with Crippen LogP contribution in [0.1, 0.15) is 14.5 Å². The third-order valence-electron chi connectivity index (χ3n) is 1.71. The third-order valence-corrected chi connectivity index (χ3v) is 4.10. The molecule has 78 valence electrons. The van der Waals surface area contributed by atoms with E-state index in [0.717, 1.165) is 8.66 Å². The molecule has 0 bridgehead atoms. The van der Waals surface area contributed by atoms with Crippen LogP contribution in [-0.2, 0) is 6.54 Å². The molecule has 2 aromatic heterocycles. The summed E-state index contributed by atoms with van der Waals surface area (Å²) in [5.41, 5.74) is 1.65. The maximum absolute atomic E-state index is 11.5. The third kappa shape index (κ3) is 2.87. The number of amides is 1. The summed E-state index contributed by atoms with van der Waals surface area (Å²) in [7, 11) is 0. The molecule has 15 heavy (non-hydrogen) atoms. The number of nitrogens with one attached hydrogen (secondary N) is 1. The molecule has 0 aliphatic carbocycles. The van der Waals surface area contributed by atoms with Crippen molar-refractivity contribution < 1.29 is 4.79 Å². The molecule has 1 amide bonds. The maximum Gasteiger partial charge on any atom is 0.263 e. The molecule has 6 heteroatoms. The molecule has 0 saturated heterocycles. The van der Waals surface area contributed by atoms with Crippen LogP contribution in [0.15, 0.2) is 27.6 Å². The molecule has 2 rings (SSSR count). The number of thiazole rings is 1. The van der Waals surface area contributed by atoms with E-state index in [9.17, 15) is 4.79 Å². The first-order chi connectivity index (χ1) is 7.25. The molecule has 3 nitrogen and oxygen atoms in total. The van der Waals surface area contributed by atoms with Gasteiger partial charge in [-0.05, 0) is 28.1 Å². The lowest BCUT2D eigenvalue weighted by atomic mass is 10.4. The van der Waals surface area contributed by atoms with Crippen LogP contribution in [0.5, 0.6) is 0 Å². The molecule has 0 radical (unpaired) electrons. The van der Waals surface area contributed by atoms with Crippen LogP contribution in [0, 0.1) is 0 Å². The molecule has 0 unspecified atom stereocenters. The van der Waals surface area contributed by atoms with Crippen molar-refractivity contribution in [2.24, 2.45) is 0 Å². The Balaban J connectivity index is 1.91. The number of carbonyl (C=O) groups is 1. The minimum Gasteiger partial charge on any atom is -0.346 e. The number of halogens is 1. The first kappa shape index (κ1) is 10.8. The Morgan fingerprint density at radius 1 is 1.53 bits per heavy atom. The predicted molar refractivity (Wildman–Crippen MR) is 65.3 cm³/mol. The Morgan fingerprint density at radius 2 is 2.40 bits per heavy atom. The molecule has 0 aromatic carbocycles. The lowest BCUT2D eigenvalue weighted by Crippen LogP contribution is -2.21. The van der Waals surface area contributed by atoms with Gasteiger partial charge in [0.1, 0.15) is 4.88 Å². The second-order valence-electron chi connectivity index (χ2n) is 2.75. The van der Waals surface area contributed by atoms with Gasteiger partial charge in [-0.15, -0.1) is 22.7 Å². The highest BCUT2D eigenvalue weighted by Crippen LogP contribution is 2.21. The van der Waals surface area contributed by atoms with Crippen molar-refractivity contribution in [1.82, 2.24) is 10.3 Å². The number of thiophene rings is 1. The van der Waals surface area contributed by atoms with Crippen molar-refractivity contribution in [3.05, 3.63) is 37.4 Å². The number of nitrogens with zero attached hydrogens (tertiary/aromatic N) is 1. The van der Waals surface area contributed by atoms with E-state index < -0.39 is 0 Å². The second-order valence-corrected chi connectivity index (χ2v) is 6.19. The highest BCUT2D eigenvalue weighted by Gasteiger charge is 2.06. The van der Waals surface area contributed by atoms with Crippen molar-refractivity contribution in [3.63, 3.8) is 0 Å². The molecular formula is C9H7BrN2OS2. The molecule has 0 fully saturated rings. The van der Waals surface area contributed by atoms with E-state index in [4.69, 9.17) is 0 Å². The number of aromatic nitrogens is 1. The lowest BCUT2D eigenvalue weighted by molar-refractivity contribution is 0.0955. The van der Waals surface area contributed by atoms with E-state index in [0.29, 0.717) is 11.4 Å². The first-order valence-corrected chi connectivity index (χ1v) is 6.65. The Morgan fingerprint density at radius 3 is 3.00 bits per heavy atom. The van der Waals surface area contributed by atoms with E-state index in [1.807, 2.05) is 12.1 Å². The van der Waals surface area contributed by atoms with E-state index in [1.165, 1.54) is 11.3 Å². The molecule has 0 spiro atoms. The average molecular weight is 303 g/mol. The zero-order chi connectivity index (χ0) is 10.7. The first-order valence-electron chi connectivity index (χ1n) is 4.16. The van der Waals surface area contributed by atoms with E-state index in [2.05, 4.69) is 26.2 Å². The van der Waals surface area contributed by atoms with Gasteiger partial charge in [-0.1, -0.05) is 0 Å². The molecule has 1 N–H and O–H groups in total. The Hall–Kier alpha value is -0.720. The van der Waals surface area contributed by atoms with Crippen LogP contribution in [-0.4, -0.2) is 10.9 Å². The summed E-state index contributed by atoms with van der Waals surface area (Å²) in [6.45, 7) is 0.562.